The Morgan fingerprint density at radius 3 is 2.33 bits per heavy atom. The summed E-state index contributed by atoms with van der Waals surface area (Å²) in [7, 11) is 0. The van der Waals surface area contributed by atoms with Crippen LogP contribution in [0, 0.1) is 17.5 Å². The van der Waals surface area contributed by atoms with Gasteiger partial charge in [-0.25, -0.2) is 13.2 Å². The first-order valence-electron chi connectivity index (χ1n) is 4.55. The van der Waals surface area contributed by atoms with Crippen molar-refractivity contribution in [1.29, 1.82) is 0 Å². The summed E-state index contributed by atoms with van der Waals surface area (Å²) in [5, 5.41) is 0. The van der Waals surface area contributed by atoms with Gasteiger partial charge in [0.05, 0.1) is 4.47 Å². The van der Waals surface area contributed by atoms with Gasteiger partial charge in [-0.05, 0) is 40.4 Å². The summed E-state index contributed by atoms with van der Waals surface area (Å²) in [6.45, 7) is 0.251. The Morgan fingerprint density at radius 2 is 1.87 bits per heavy atom. The van der Waals surface area contributed by atoms with Gasteiger partial charge in [-0.2, -0.15) is 0 Å². The predicted molar refractivity (Wildman–Crippen MR) is 54.0 cm³/mol. The van der Waals surface area contributed by atoms with Crippen molar-refractivity contribution in [3.05, 3.63) is 33.6 Å². The Hall–Kier alpha value is -0.550. The highest BCUT2D eigenvalue weighted by Crippen LogP contribution is 2.49. The Kier molecular flexibility index (Phi) is 2.55. The van der Waals surface area contributed by atoms with Crippen LogP contribution in [0.15, 0.2) is 10.5 Å². The summed E-state index contributed by atoms with van der Waals surface area (Å²) in [5.41, 5.74) is 5.20. The van der Waals surface area contributed by atoms with Crippen molar-refractivity contribution in [1.82, 2.24) is 0 Å². The number of hydrogen-bond acceptors (Lipinski definition) is 1. The monoisotopic (exact) mass is 279 g/mol. The largest absolute Gasteiger partial charge is 0.330 e. The van der Waals surface area contributed by atoms with E-state index in [1.807, 2.05) is 0 Å². The van der Waals surface area contributed by atoms with Crippen LogP contribution in [-0.2, 0) is 5.41 Å². The third kappa shape index (κ3) is 1.58. The highest BCUT2D eigenvalue weighted by atomic mass is 79.9. The van der Waals surface area contributed by atoms with Crippen molar-refractivity contribution < 1.29 is 13.2 Å². The fourth-order valence-corrected chi connectivity index (χ4v) is 2.10. The van der Waals surface area contributed by atoms with Crippen molar-refractivity contribution in [2.75, 3.05) is 6.54 Å². The maximum Gasteiger partial charge on any atom is 0.175 e. The molecule has 1 saturated carbocycles. The van der Waals surface area contributed by atoms with Gasteiger partial charge in [0.25, 0.3) is 0 Å². The van der Waals surface area contributed by atoms with E-state index < -0.39 is 27.3 Å². The molecule has 0 amide bonds. The topological polar surface area (TPSA) is 26.0 Å². The first-order chi connectivity index (χ1) is 7.02. The van der Waals surface area contributed by atoms with Crippen LogP contribution < -0.4 is 5.73 Å². The molecule has 1 aromatic rings. The van der Waals surface area contributed by atoms with Gasteiger partial charge in [0.2, 0.25) is 0 Å². The normalized spacial score (nSPS) is 17.9. The van der Waals surface area contributed by atoms with E-state index >= 15 is 0 Å². The molecule has 1 fully saturated rings. The molecule has 82 valence electrons. The minimum absolute atomic E-state index is 0.177. The molecule has 5 heteroatoms. The van der Waals surface area contributed by atoms with Crippen molar-refractivity contribution in [2.24, 2.45) is 5.73 Å². The van der Waals surface area contributed by atoms with Crippen LogP contribution in [0.4, 0.5) is 13.2 Å². The third-order valence-electron chi connectivity index (χ3n) is 2.92. The lowest BCUT2D eigenvalue weighted by atomic mass is 9.95. The summed E-state index contributed by atoms with van der Waals surface area (Å²) in [4.78, 5) is 0. The molecular formula is C10H9BrF3N. The minimum atomic E-state index is -1.19. The fourth-order valence-electron chi connectivity index (χ4n) is 1.69. The van der Waals surface area contributed by atoms with Gasteiger partial charge >= 0.3 is 0 Å². The molecule has 0 spiro atoms. The number of halogens is 4. The van der Waals surface area contributed by atoms with Crippen LogP contribution in [0.3, 0.4) is 0 Å². The van der Waals surface area contributed by atoms with E-state index in [0.717, 1.165) is 18.9 Å². The van der Waals surface area contributed by atoms with Crippen LogP contribution in [0.5, 0.6) is 0 Å². The standard InChI is InChI=1S/C10H9BrF3N/c11-7-8(13)5(3-6(12)9(7)14)10(4-15)1-2-10/h3H,1-2,4,15H2. The van der Waals surface area contributed by atoms with E-state index in [1.165, 1.54) is 0 Å². The molecular weight excluding hydrogens is 271 g/mol. The molecule has 1 aliphatic rings. The molecule has 1 aromatic carbocycles. The zero-order valence-corrected chi connectivity index (χ0v) is 9.37. The molecule has 1 aliphatic carbocycles. The molecule has 0 saturated heterocycles. The van der Waals surface area contributed by atoms with Crippen molar-refractivity contribution in [3.8, 4) is 0 Å². The van der Waals surface area contributed by atoms with Gasteiger partial charge < -0.3 is 5.73 Å². The van der Waals surface area contributed by atoms with E-state index in [9.17, 15) is 13.2 Å². The highest BCUT2D eigenvalue weighted by Gasteiger charge is 2.45. The Labute approximate surface area is 93.6 Å². The summed E-state index contributed by atoms with van der Waals surface area (Å²) in [6, 6.07) is 0.912. The molecule has 0 heterocycles. The molecule has 0 unspecified atom stereocenters. The second-order valence-electron chi connectivity index (χ2n) is 3.83. The Morgan fingerprint density at radius 1 is 1.27 bits per heavy atom. The quantitative estimate of drug-likeness (QED) is 0.654. The molecule has 0 atom stereocenters. The van der Waals surface area contributed by atoms with Crippen LogP contribution in [-0.4, -0.2) is 6.54 Å². The lowest BCUT2D eigenvalue weighted by molar-refractivity contribution is 0.474. The maximum absolute atomic E-state index is 13.7. The highest BCUT2D eigenvalue weighted by molar-refractivity contribution is 9.10. The molecule has 0 aromatic heterocycles. The van der Waals surface area contributed by atoms with Crippen molar-refractivity contribution >= 4 is 15.9 Å². The third-order valence-corrected chi connectivity index (χ3v) is 3.61. The van der Waals surface area contributed by atoms with Gasteiger partial charge in [0.1, 0.15) is 5.82 Å². The first-order valence-corrected chi connectivity index (χ1v) is 5.35. The SMILES string of the molecule is NCC1(c2cc(F)c(F)c(Br)c2F)CC1. The van der Waals surface area contributed by atoms with Crippen molar-refractivity contribution in [2.45, 2.75) is 18.3 Å². The van der Waals surface area contributed by atoms with E-state index in [2.05, 4.69) is 15.9 Å². The Bertz CT molecular complexity index is 416. The average Bonchev–Trinajstić information content (AvgIpc) is 3.01. The number of nitrogens with two attached hydrogens (primary N) is 1. The molecule has 1 nitrogen and oxygen atoms in total. The summed E-state index contributed by atoms with van der Waals surface area (Å²) < 4.78 is 39.3. The minimum Gasteiger partial charge on any atom is -0.330 e. The van der Waals surface area contributed by atoms with Gasteiger partial charge in [-0.15, -0.1) is 0 Å². The fraction of sp³-hybridized carbons (Fsp3) is 0.400. The second-order valence-corrected chi connectivity index (χ2v) is 4.63. The summed E-state index contributed by atoms with van der Waals surface area (Å²) >= 11 is 2.70. The van der Waals surface area contributed by atoms with E-state index in [0.29, 0.717) is 0 Å². The van der Waals surface area contributed by atoms with E-state index in [-0.39, 0.29) is 12.1 Å². The predicted octanol–water partition coefficient (Wildman–Crippen LogP) is 2.86. The van der Waals surface area contributed by atoms with Crippen LogP contribution in [0.1, 0.15) is 18.4 Å². The second kappa shape index (κ2) is 3.49. The molecule has 15 heavy (non-hydrogen) atoms. The first kappa shape index (κ1) is 11.0. The van der Waals surface area contributed by atoms with Gasteiger partial charge in [-0.3, -0.25) is 0 Å². The van der Waals surface area contributed by atoms with Gasteiger partial charge in [-0.1, -0.05) is 0 Å². The summed E-state index contributed by atoms with van der Waals surface area (Å²) in [5.74, 6) is -2.97. The summed E-state index contributed by atoms with van der Waals surface area (Å²) in [6.07, 6.45) is 1.44. The van der Waals surface area contributed by atoms with Crippen LogP contribution >= 0.6 is 15.9 Å². The Balaban J connectivity index is 2.58. The molecule has 0 aliphatic heterocycles. The van der Waals surface area contributed by atoms with Gasteiger partial charge in [0.15, 0.2) is 11.6 Å². The van der Waals surface area contributed by atoms with Crippen LogP contribution in [0.2, 0.25) is 0 Å². The lowest BCUT2D eigenvalue weighted by Gasteiger charge is -2.15. The molecule has 0 bridgehead atoms. The average molecular weight is 280 g/mol. The smallest absolute Gasteiger partial charge is 0.175 e. The van der Waals surface area contributed by atoms with E-state index in [1.54, 1.807) is 0 Å². The lowest BCUT2D eigenvalue weighted by Crippen LogP contribution is -2.22. The molecule has 0 radical (unpaired) electrons. The van der Waals surface area contributed by atoms with Gasteiger partial charge in [0, 0.05) is 12.0 Å². The molecule has 2 N–H and O–H groups in total. The zero-order chi connectivity index (χ0) is 11.2. The van der Waals surface area contributed by atoms with Crippen LogP contribution in [0.25, 0.3) is 0 Å². The zero-order valence-electron chi connectivity index (χ0n) is 7.79. The van der Waals surface area contributed by atoms with Crippen molar-refractivity contribution in [3.63, 3.8) is 0 Å². The number of rotatable bonds is 2. The number of hydrogen-bond donors (Lipinski definition) is 1. The number of benzene rings is 1. The van der Waals surface area contributed by atoms with E-state index in [4.69, 9.17) is 5.73 Å². The molecule has 2 rings (SSSR count). The maximum atomic E-state index is 13.7.